The SMILES string of the molecule is COc1ccc(OC)c(CN2CCN(C(=O)c3ccc(C)cc3C)CC2)c1. The number of ether oxygens (including phenoxy) is 2. The first-order valence-corrected chi connectivity index (χ1v) is 9.31. The summed E-state index contributed by atoms with van der Waals surface area (Å²) in [5, 5.41) is 0. The number of methoxy groups -OCH3 is 2. The Morgan fingerprint density at radius 1 is 0.963 bits per heavy atom. The van der Waals surface area contributed by atoms with Crippen LogP contribution in [0.25, 0.3) is 0 Å². The van der Waals surface area contributed by atoms with Crippen LogP contribution in [0, 0.1) is 13.8 Å². The summed E-state index contributed by atoms with van der Waals surface area (Å²) in [6.45, 7) is 8.00. The second kappa shape index (κ2) is 8.44. The molecule has 144 valence electrons. The highest BCUT2D eigenvalue weighted by atomic mass is 16.5. The van der Waals surface area contributed by atoms with Gasteiger partial charge in [-0.25, -0.2) is 0 Å². The summed E-state index contributed by atoms with van der Waals surface area (Å²) < 4.78 is 10.8. The van der Waals surface area contributed by atoms with Gasteiger partial charge in [0.2, 0.25) is 0 Å². The smallest absolute Gasteiger partial charge is 0.254 e. The lowest BCUT2D eigenvalue weighted by Gasteiger charge is -2.35. The number of piperazine rings is 1. The zero-order valence-corrected chi connectivity index (χ0v) is 16.6. The largest absolute Gasteiger partial charge is 0.497 e. The van der Waals surface area contributed by atoms with Crippen LogP contribution in [0.4, 0.5) is 0 Å². The molecule has 1 aliphatic heterocycles. The van der Waals surface area contributed by atoms with Crippen LogP contribution in [0.3, 0.4) is 0 Å². The van der Waals surface area contributed by atoms with Gasteiger partial charge in [-0.05, 0) is 43.7 Å². The number of hydrogen-bond acceptors (Lipinski definition) is 4. The minimum Gasteiger partial charge on any atom is -0.497 e. The van der Waals surface area contributed by atoms with Gasteiger partial charge < -0.3 is 14.4 Å². The topological polar surface area (TPSA) is 42.0 Å². The molecule has 0 unspecified atom stereocenters. The van der Waals surface area contributed by atoms with Crippen LogP contribution < -0.4 is 9.47 Å². The summed E-state index contributed by atoms with van der Waals surface area (Å²) in [4.78, 5) is 17.2. The molecule has 3 rings (SSSR count). The lowest BCUT2D eigenvalue weighted by atomic mass is 10.0. The molecule has 1 heterocycles. The Morgan fingerprint density at radius 3 is 2.33 bits per heavy atom. The predicted octanol–water partition coefficient (Wildman–Crippen LogP) is 3.28. The van der Waals surface area contributed by atoms with E-state index in [1.165, 1.54) is 5.56 Å². The lowest BCUT2D eigenvalue weighted by molar-refractivity contribution is 0.0626. The van der Waals surface area contributed by atoms with Crippen LogP contribution in [-0.4, -0.2) is 56.1 Å². The molecular formula is C22H28N2O3. The van der Waals surface area contributed by atoms with E-state index >= 15 is 0 Å². The van der Waals surface area contributed by atoms with Crippen molar-refractivity contribution in [3.63, 3.8) is 0 Å². The van der Waals surface area contributed by atoms with Gasteiger partial charge >= 0.3 is 0 Å². The molecule has 0 atom stereocenters. The normalized spacial score (nSPS) is 14.9. The Bertz CT molecular complexity index is 811. The Hall–Kier alpha value is -2.53. The first-order valence-electron chi connectivity index (χ1n) is 9.31. The molecule has 0 aromatic heterocycles. The fraction of sp³-hybridized carbons (Fsp3) is 0.409. The molecule has 1 aliphatic rings. The third kappa shape index (κ3) is 4.42. The molecule has 0 N–H and O–H groups in total. The Morgan fingerprint density at radius 2 is 1.70 bits per heavy atom. The van der Waals surface area contributed by atoms with E-state index in [4.69, 9.17) is 9.47 Å². The van der Waals surface area contributed by atoms with E-state index in [0.717, 1.165) is 60.9 Å². The monoisotopic (exact) mass is 368 g/mol. The van der Waals surface area contributed by atoms with E-state index in [1.807, 2.05) is 49.1 Å². The van der Waals surface area contributed by atoms with E-state index in [9.17, 15) is 4.79 Å². The quantitative estimate of drug-likeness (QED) is 0.812. The highest BCUT2D eigenvalue weighted by Crippen LogP contribution is 2.26. The molecule has 1 fully saturated rings. The summed E-state index contributed by atoms with van der Waals surface area (Å²) in [6, 6.07) is 11.9. The minimum atomic E-state index is 0.131. The zero-order chi connectivity index (χ0) is 19.4. The molecule has 5 heteroatoms. The number of benzene rings is 2. The first kappa shape index (κ1) is 19.2. The van der Waals surface area contributed by atoms with Crippen LogP contribution in [0.5, 0.6) is 11.5 Å². The molecule has 2 aromatic carbocycles. The van der Waals surface area contributed by atoms with Gasteiger partial charge in [-0.3, -0.25) is 9.69 Å². The van der Waals surface area contributed by atoms with Crippen molar-refractivity contribution in [2.24, 2.45) is 0 Å². The summed E-state index contributed by atoms with van der Waals surface area (Å²) >= 11 is 0. The van der Waals surface area contributed by atoms with Crippen molar-refractivity contribution < 1.29 is 14.3 Å². The van der Waals surface area contributed by atoms with Crippen LogP contribution in [-0.2, 0) is 6.54 Å². The molecule has 0 radical (unpaired) electrons. The maximum atomic E-state index is 12.9. The molecule has 0 aliphatic carbocycles. The third-order valence-corrected chi connectivity index (χ3v) is 5.15. The fourth-order valence-corrected chi connectivity index (χ4v) is 3.58. The second-order valence-electron chi connectivity index (χ2n) is 7.06. The molecule has 0 saturated carbocycles. The van der Waals surface area contributed by atoms with Gasteiger partial charge in [0.1, 0.15) is 11.5 Å². The van der Waals surface area contributed by atoms with Crippen molar-refractivity contribution in [2.75, 3.05) is 40.4 Å². The van der Waals surface area contributed by atoms with Gasteiger partial charge in [-0.15, -0.1) is 0 Å². The fourth-order valence-electron chi connectivity index (χ4n) is 3.58. The summed E-state index contributed by atoms with van der Waals surface area (Å²) in [5.74, 6) is 1.82. The molecule has 0 bridgehead atoms. The Labute approximate surface area is 161 Å². The number of nitrogens with zero attached hydrogens (tertiary/aromatic N) is 2. The third-order valence-electron chi connectivity index (χ3n) is 5.15. The van der Waals surface area contributed by atoms with E-state index in [0.29, 0.717) is 0 Å². The van der Waals surface area contributed by atoms with E-state index < -0.39 is 0 Å². The van der Waals surface area contributed by atoms with Crippen molar-refractivity contribution in [2.45, 2.75) is 20.4 Å². The molecule has 2 aromatic rings. The average molecular weight is 368 g/mol. The maximum absolute atomic E-state index is 12.9. The number of carbonyl (C=O) groups is 1. The van der Waals surface area contributed by atoms with Gasteiger partial charge in [0.15, 0.2) is 0 Å². The number of carbonyl (C=O) groups excluding carboxylic acids is 1. The predicted molar refractivity (Wildman–Crippen MR) is 107 cm³/mol. The Balaban J connectivity index is 1.63. The maximum Gasteiger partial charge on any atom is 0.254 e. The van der Waals surface area contributed by atoms with Crippen molar-refractivity contribution >= 4 is 5.91 Å². The van der Waals surface area contributed by atoms with Gasteiger partial charge in [0.05, 0.1) is 14.2 Å². The molecular weight excluding hydrogens is 340 g/mol. The average Bonchev–Trinajstić information content (AvgIpc) is 2.68. The first-order chi connectivity index (χ1) is 13.0. The standard InChI is InChI=1S/C22H28N2O3/c1-16-5-7-20(17(2)13-16)22(25)24-11-9-23(10-12-24)15-18-14-19(26-3)6-8-21(18)27-4/h5-8,13-14H,9-12,15H2,1-4H3. The second-order valence-corrected chi connectivity index (χ2v) is 7.06. The highest BCUT2D eigenvalue weighted by Gasteiger charge is 2.23. The highest BCUT2D eigenvalue weighted by molar-refractivity contribution is 5.95. The van der Waals surface area contributed by atoms with Gasteiger partial charge in [-0.1, -0.05) is 17.7 Å². The van der Waals surface area contributed by atoms with Gasteiger partial charge in [0.25, 0.3) is 5.91 Å². The molecule has 5 nitrogen and oxygen atoms in total. The van der Waals surface area contributed by atoms with Crippen molar-refractivity contribution in [3.05, 3.63) is 58.7 Å². The summed E-state index contributed by atoms with van der Waals surface area (Å²) in [7, 11) is 3.36. The van der Waals surface area contributed by atoms with Crippen molar-refractivity contribution in [3.8, 4) is 11.5 Å². The van der Waals surface area contributed by atoms with Crippen LogP contribution >= 0.6 is 0 Å². The van der Waals surface area contributed by atoms with Crippen molar-refractivity contribution in [1.82, 2.24) is 9.80 Å². The van der Waals surface area contributed by atoms with Crippen LogP contribution in [0.15, 0.2) is 36.4 Å². The molecule has 27 heavy (non-hydrogen) atoms. The van der Waals surface area contributed by atoms with Gasteiger partial charge in [0, 0.05) is 43.9 Å². The zero-order valence-electron chi connectivity index (χ0n) is 16.6. The molecule has 1 amide bonds. The van der Waals surface area contributed by atoms with Crippen molar-refractivity contribution in [1.29, 1.82) is 0 Å². The lowest BCUT2D eigenvalue weighted by Crippen LogP contribution is -2.48. The van der Waals surface area contributed by atoms with E-state index in [-0.39, 0.29) is 5.91 Å². The van der Waals surface area contributed by atoms with E-state index in [2.05, 4.69) is 11.0 Å². The van der Waals surface area contributed by atoms with Crippen LogP contribution in [0.2, 0.25) is 0 Å². The Kier molecular flexibility index (Phi) is 6.01. The number of rotatable bonds is 5. The number of amides is 1. The number of hydrogen-bond donors (Lipinski definition) is 0. The molecule has 1 saturated heterocycles. The summed E-state index contributed by atoms with van der Waals surface area (Å²) in [6.07, 6.45) is 0. The van der Waals surface area contributed by atoms with Gasteiger partial charge in [-0.2, -0.15) is 0 Å². The number of aryl methyl sites for hydroxylation is 2. The van der Waals surface area contributed by atoms with E-state index in [1.54, 1.807) is 14.2 Å². The summed E-state index contributed by atoms with van der Waals surface area (Å²) in [5.41, 5.74) is 4.14. The molecule has 0 spiro atoms. The minimum absolute atomic E-state index is 0.131. The van der Waals surface area contributed by atoms with Crippen LogP contribution in [0.1, 0.15) is 27.0 Å².